The minimum atomic E-state index is -3.54. The van der Waals surface area contributed by atoms with Gasteiger partial charge in [-0.1, -0.05) is 25.5 Å². The van der Waals surface area contributed by atoms with Crippen molar-refractivity contribution in [3.05, 3.63) is 53.6 Å². The van der Waals surface area contributed by atoms with E-state index in [-0.39, 0.29) is 23.3 Å². The van der Waals surface area contributed by atoms with Gasteiger partial charge in [0, 0.05) is 38.3 Å². The number of rotatable bonds is 9. The van der Waals surface area contributed by atoms with E-state index in [4.69, 9.17) is 4.74 Å². The summed E-state index contributed by atoms with van der Waals surface area (Å²) in [6.07, 6.45) is 6.01. The molecule has 2 aliphatic heterocycles. The number of aryl methyl sites for hydroxylation is 1. The topological polar surface area (TPSA) is 79.0 Å². The number of nitrogens with zero attached hydrogens (tertiary/aromatic N) is 2. The molecule has 2 atom stereocenters. The largest absolute Gasteiger partial charge is 0.496 e. The molecule has 0 bridgehead atoms. The lowest BCUT2D eigenvalue weighted by molar-refractivity contribution is -0.121. The van der Waals surface area contributed by atoms with Gasteiger partial charge in [-0.2, -0.15) is 4.31 Å². The highest BCUT2D eigenvalue weighted by Crippen LogP contribution is 2.28. The van der Waals surface area contributed by atoms with Gasteiger partial charge in [-0.15, -0.1) is 0 Å². The van der Waals surface area contributed by atoms with Crippen LogP contribution in [0.3, 0.4) is 0 Å². The summed E-state index contributed by atoms with van der Waals surface area (Å²) >= 11 is 0. The molecule has 0 radical (unpaired) electrons. The standard InChI is InChI=1S/C29H41N3O4S/c1-22-8-7-17-31(21-22)26-12-9-24(10-13-26)23(2)30-29(33)16-11-25-20-27(14-15-28(25)36-3)37(34,35)32-18-5-4-6-19-32/h9-10,12-15,20,22-23H,4-8,11,16-19,21H2,1-3H3,(H,30,33)/t22-,23-/m1/s1. The van der Waals surface area contributed by atoms with Crippen molar-refractivity contribution < 1.29 is 17.9 Å². The van der Waals surface area contributed by atoms with Gasteiger partial charge in [0.25, 0.3) is 0 Å². The monoisotopic (exact) mass is 527 g/mol. The molecular weight excluding hydrogens is 486 g/mol. The summed E-state index contributed by atoms with van der Waals surface area (Å²) in [5, 5.41) is 3.09. The number of carbonyl (C=O) groups excluding carboxylic acids is 1. The molecule has 202 valence electrons. The SMILES string of the molecule is COc1ccc(S(=O)(=O)N2CCCCC2)cc1CCC(=O)N[C@H](C)c1ccc(N2CCC[C@@H](C)C2)cc1. The van der Waals surface area contributed by atoms with Gasteiger partial charge in [0.15, 0.2) is 0 Å². The summed E-state index contributed by atoms with van der Waals surface area (Å²) in [4.78, 5) is 15.5. The molecule has 37 heavy (non-hydrogen) atoms. The van der Waals surface area contributed by atoms with Crippen LogP contribution in [-0.4, -0.2) is 51.9 Å². The minimum Gasteiger partial charge on any atom is -0.496 e. The van der Waals surface area contributed by atoms with Crippen LogP contribution in [0.2, 0.25) is 0 Å². The molecule has 1 N–H and O–H groups in total. The van der Waals surface area contributed by atoms with Crippen molar-refractivity contribution >= 4 is 21.6 Å². The molecule has 0 saturated carbocycles. The van der Waals surface area contributed by atoms with Crippen molar-refractivity contribution in [3.8, 4) is 5.75 Å². The number of benzene rings is 2. The molecule has 2 aromatic carbocycles. The number of ether oxygens (including phenoxy) is 1. The Balaban J connectivity index is 1.36. The average Bonchev–Trinajstić information content (AvgIpc) is 2.92. The van der Waals surface area contributed by atoms with Gasteiger partial charge >= 0.3 is 0 Å². The predicted octanol–water partition coefficient (Wildman–Crippen LogP) is 4.92. The molecule has 0 aliphatic carbocycles. The molecule has 2 heterocycles. The molecule has 2 fully saturated rings. The number of sulfonamides is 1. The Morgan fingerprint density at radius 3 is 2.46 bits per heavy atom. The summed E-state index contributed by atoms with van der Waals surface area (Å²) < 4.78 is 33.3. The van der Waals surface area contributed by atoms with Crippen LogP contribution in [0.5, 0.6) is 5.75 Å². The Bertz CT molecular complexity index is 1160. The third-order valence-corrected chi connectivity index (χ3v) is 9.51. The van der Waals surface area contributed by atoms with E-state index in [1.807, 2.05) is 6.92 Å². The highest BCUT2D eigenvalue weighted by atomic mass is 32.2. The van der Waals surface area contributed by atoms with E-state index in [0.29, 0.717) is 25.3 Å². The lowest BCUT2D eigenvalue weighted by Crippen LogP contribution is -2.35. The van der Waals surface area contributed by atoms with Crippen LogP contribution >= 0.6 is 0 Å². The molecule has 2 aliphatic rings. The molecule has 0 unspecified atom stereocenters. The van der Waals surface area contributed by atoms with E-state index < -0.39 is 10.0 Å². The quantitative estimate of drug-likeness (QED) is 0.501. The van der Waals surface area contributed by atoms with E-state index >= 15 is 0 Å². The smallest absolute Gasteiger partial charge is 0.243 e. The zero-order valence-electron chi connectivity index (χ0n) is 22.4. The van der Waals surface area contributed by atoms with E-state index in [1.54, 1.807) is 29.6 Å². The number of methoxy groups -OCH3 is 1. The van der Waals surface area contributed by atoms with E-state index in [0.717, 1.165) is 49.4 Å². The molecule has 0 spiro atoms. The number of carbonyl (C=O) groups is 1. The van der Waals surface area contributed by atoms with E-state index in [2.05, 4.69) is 41.4 Å². The highest BCUT2D eigenvalue weighted by Gasteiger charge is 2.27. The summed E-state index contributed by atoms with van der Waals surface area (Å²) in [6.45, 7) is 7.60. The van der Waals surface area contributed by atoms with Crippen LogP contribution in [-0.2, 0) is 21.2 Å². The Kier molecular flexibility index (Phi) is 9.13. The highest BCUT2D eigenvalue weighted by molar-refractivity contribution is 7.89. The van der Waals surface area contributed by atoms with Gasteiger partial charge in [-0.05, 0) is 86.4 Å². The first-order chi connectivity index (χ1) is 17.8. The third kappa shape index (κ3) is 6.85. The van der Waals surface area contributed by atoms with Crippen molar-refractivity contribution in [2.75, 3.05) is 38.2 Å². The number of piperidine rings is 2. The minimum absolute atomic E-state index is 0.0761. The van der Waals surface area contributed by atoms with Crippen molar-refractivity contribution in [1.82, 2.24) is 9.62 Å². The molecule has 2 saturated heterocycles. The van der Waals surface area contributed by atoms with Crippen LogP contribution in [0.15, 0.2) is 47.4 Å². The summed E-state index contributed by atoms with van der Waals surface area (Å²) in [7, 11) is -1.98. The molecule has 7 nitrogen and oxygen atoms in total. The van der Waals surface area contributed by atoms with Crippen molar-refractivity contribution in [2.45, 2.75) is 69.7 Å². The van der Waals surface area contributed by atoms with Crippen molar-refractivity contribution in [3.63, 3.8) is 0 Å². The second-order valence-electron chi connectivity index (χ2n) is 10.5. The molecule has 1 amide bonds. The van der Waals surface area contributed by atoms with Gasteiger partial charge in [-0.25, -0.2) is 8.42 Å². The first-order valence-electron chi connectivity index (χ1n) is 13.6. The summed E-state index contributed by atoms with van der Waals surface area (Å²) in [5.41, 5.74) is 3.03. The van der Waals surface area contributed by atoms with Gasteiger partial charge in [-0.3, -0.25) is 4.79 Å². The Labute approximate surface area is 222 Å². The second kappa shape index (κ2) is 12.3. The first kappa shape index (κ1) is 27.5. The normalized spacial score (nSPS) is 19.9. The summed E-state index contributed by atoms with van der Waals surface area (Å²) in [6, 6.07) is 13.3. The zero-order valence-corrected chi connectivity index (χ0v) is 23.2. The molecule has 2 aromatic rings. The Morgan fingerprint density at radius 2 is 1.78 bits per heavy atom. The fourth-order valence-electron chi connectivity index (χ4n) is 5.41. The van der Waals surface area contributed by atoms with E-state index in [9.17, 15) is 13.2 Å². The van der Waals surface area contributed by atoms with Crippen LogP contribution < -0.4 is 15.0 Å². The summed E-state index contributed by atoms with van der Waals surface area (Å²) in [5.74, 6) is 1.24. The van der Waals surface area contributed by atoms with Crippen molar-refractivity contribution in [2.24, 2.45) is 5.92 Å². The van der Waals surface area contributed by atoms with Crippen LogP contribution in [0, 0.1) is 5.92 Å². The van der Waals surface area contributed by atoms with Crippen LogP contribution in [0.4, 0.5) is 5.69 Å². The van der Waals surface area contributed by atoms with Crippen LogP contribution in [0.1, 0.15) is 69.5 Å². The number of hydrogen-bond acceptors (Lipinski definition) is 5. The van der Waals surface area contributed by atoms with Gasteiger partial charge in [0.2, 0.25) is 15.9 Å². The lowest BCUT2D eigenvalue weighted by atomic mass is 9.99. The molecule has 4 rings (SSSR count). The first-order valence-corrected chi connectivity index (χ1v) is 15.0. The zero-order chi connectivity index (χ0) is 26.4. The van der Waals surface area contributed by atoms with Gasteiger partial charge in [0.05, 0.1) is 18.0 Å². The van der Waals surface area contributed by atoms with Gasteiger partial charge < -0.3 is 15.0 Å². The Morgan fingerprint density at radius 1 is 1.05 bits per heavy atom. The third-order valence-electron chi connectivity index (χ3n) is 7.62. The van der Waals surface area contributed by atoms with E-state index in [1.165, 1.54) is 18.5 Å². The Hall–Kier alpha value is -2.58. The molecule has 8 heteroatoms. The molecule has 0 aromatic heterocycles. The van der Waals surface area contributed by atoms with Crippen molar-refractivity contribution in [1.29, 1.82) is 0 Å². The fourth-order valence-corrected chi connectivity index (χ4v) is 6.98. The maximum absolute atomic E-state index is 13.1. The predicted molar refractivity (Wildman–Crippen MR) is 148 cm³/mol. The molecular formula is C29H41N3O4S. The fraction of sp³-hybridized carbons (Fsp3) is 0.552. The second-order valence-corrected chi connectivity index (χ2v) is 12.5. The lowest BCUT2D eigenvalue weighted by Gasteiger charge is -2.33. The number of amides is 1. The number of hydrogen-bond donors (Lipinski definition) is 1. The maximum Gasteiger partial charge on any atom is 0.243 e. The average molecular weight is 528 g/mol. The maximum atomic E-state index is 13.1. The number of nitrogens with one attached hydrogen (secondary N) is 1. The van der Waals surface area contributed by atoms with Crippen LogP contribution in [0.25, 0.3) is 0 Å². The van der Waals surface area contributed by atoms with Gasteiger partial charge in [0.1, 0.15) is 5.75 Å². The number of anilines is 1.